The molecule has 1 saturated carbocycles. The lowest BCUT2D eigenvalue weighted by Crippen LogP contribution is -2.27. The Bertz CT molecular complexity index is 501. The average Bonchev–Trinajstić information content (AvgIpc) is 3.13. The van der Waals surface area contributed by atoms with Crippen LogP contribution in [0.3, 0.4) is 0 Å². The van der Waals surface area contributed by atoms with Crippen LogP contribution >= 0.6 is 0 Å². The van der Waals surface area contributed by atoms with Gasteiger partial charge in [-0.2, -0.15) is 0 Å². The lowest BCUT2D eigenvalue weighted by atomic mass is 10.3. The first kappa shape index (κ1) is 12.4. The number of aromatic nitrogens is 2. The van der Waals surface area contributed by atoms with Gasteiger partial charge in [-0.25, -0.2) is 18.7 Å². The first-order chi connectivity index (χ1) is 9.00. The quantitative estimate of drug-likeness (QED) is 0.876. The van der Waals surface area contributed by atoms with Crippen LogP contribution in [0.2, 0.25) is 0 Å². The summed E-state index contributed by atoms with van der Waals surface area (Å²) in [6.45, 7) is -0.00944. The van der Waals surface area contributed by atoms with E-state index in [0.29, 0.717) is 35.6 Å². The Labute approximate surface area is 110 Å². The largest absolute Gasteiger partial charge is 0.382 e. The predicted molar refractivity (Wildman–Crippen MR) is 69.7 cm³/mol. The Hall–Kier alpha value is -1.66. The summed E-state index contributed by atoms with van der Waals surface area (Å²) in [5.41, 5.74) is 6.45. The highest BCUT2D eigenvalue weighted by molar-refractivity contribution is 5.76. The molecule has 2 heterocycles. The smallest absolute Gasteiger partial charge is 0.266 e. The molecule has 0 atom stereocenters. The Balaban J connectivity index is 1.98. The summed E-state index contributed by atoms with van der Waals surface area (Å²) >= 11 is 0. The van der Waals surface area contributed by atoms with Crippen LogP contribution in [-0.4, -0.2) is 36.0 Å². The van der Waals surface area contributed by atoms with Gasteiger partial charge in [0.15, 0.2) is 11.6 Å². The van der Waals surface area contributed by atoms with E-state index in [1.807, 2.05) is 0 Å². The molecule has 2 aliphatic rings. The molecule has 19 heavy (non-hydrogen) atoms. The highest BCUT2D eigenvalue weighted by atomic mass is 19.3. The van der Waals surface area contributed by atoms with Crippen molar-refractivity contribution in [3.8, 4) is 0 Å². The van der Waals surface area contributed by atoms with Crippen LogP contribution in [0, 0.1) is 0 Å². The number of anilines is 3. The summed E-state index contributed by atoms with van der Waals surface area (Å²) in [7, 11) is 1.70. The number of hydrogen-bond acceptors (Lipinski definition) is 5. The molecule has 1 aromatic heterocycles. The third-order valence-electron chi connectivity index (χ3n) is 3.60. The van der Waals surface area contributed by atoms with Crippen LogP contribution in [0.5, 0.6) is 0 Å². The van der Waals surface area contributed by atoms with Gasteiger partial charge in [0.05, 0.1) is 6.54 Å². The number of alkyl halides is 2. The fraction of sp³-hybridized carbons (Fsp3) is 0.667. The second kappa shape index (κ2) is 4.18. The van der Waals surface area contributed by atoms with Gasteiger partial charge in [0.2, 0.25) is 0 Å². The van der Waals surface area contributed by atoms with Gasteiger partial charge in [-0.05, 0) is 12.8 Å². The summed E-state index contributed by atoms with van der Waals surface area (Å²) in [6.07, 6.45) is 1.96. The van der Waals surface area contributed by atoms with Gasteiger partial charge in [0, 0.05) is 25.9 Å². The summed E-state index contributed by atoms with van der Waals surface area (Å²) in [5.74, 6) is -0.778. The first-order valence-corrected chi connectivity index (χ1v) is 6.48. The topological polar surface area (TPSA) is 67.1 Å². The lowest BCUT2D eigenvalue weighted by molar-refractivity contribution is 0.0257. The Morgan fingerprint density at radius 2 is 2.11 bits per heavy atom. The molecule has 1 aliphatic heterocycles. The van der Waals surface area contributed by atoms with Crippen molar-refractivity contribution in [3.63, 3.8) is 0 Å². The average molecular weight is 269 g/mol. The van der Waals surface area contributed by atoms with Gasteiger partial charge in [-0.1, -0.05) is 0 Å². The number of rotatable bonds is 3. The van der Waals surface area contributed by atoms with Gasteiger partial charge >= 0.3 is 0 Å². The molecular formula is C12H17F2N5. The first-order valence-electron chi connectivity index (χ1n) is 6.48. The highest BCUT2D eigenvalue weighted by Gasteiger charge is 2.40. The van der Waals surface area contributed by atoms with Crippen molar-refractivity contribution in [1.29, 1.82) is 0 Å². The highest BCUT2D eigenvalue weighted by Crippen LogP contribution is 2.42. The minimum Gasteiger partial charge on any atom is -0.382 e. The van der Waals surface area contributed by atoms with E-state index < -0.39 is 5.92 Å². The molecule has 104 valence electrons. The van der Waals surface area contributed by atoms with Gasteiger partial charge in [-0.3, -0.25) is 0 Å². The third-order valence-corrected chi connectivity index (χ3v) is 3.60. The normalized spacial score (nSPS) is 21.7. The van der Waals surface area contributed by atoms with E-state index in [2.05, 4.69) is 15.3 Å². The van der Waals surface area contributed by atoms with Crippen molar-refractivity contribution in [2.45, 2.75) is 31.1 Å². The van der Waals surface area contributed by atoms with Crippen molar-refractivity contribution in [2.24, 2.45) is 0 Å². The monoisotopic (exact) mass is 269 g/mol. The second-order valence-electron chi connectivity index (χ2n) is 5.22. The van der Waals surface area contributed by atoms with Crippen LogP contribution in [0.1, 0.15) is 31.0 Å². The van der Waals surface area contributed by atoms with Crippen LogP contribution in [-0.2, 0) is 0 Å². The molecule has 3 N–H and O–H groups in total. The van der Waals surface area contributed by atoms with Crippen molar-refractivity contribution in [3.05, 3.63) is 5.82 Å². The van der Waals surface area contributed by atoms with E-state index in [1.54, 1.807) is 11.9 Å². The SMILES string of the molecule is CNc1c(N)nc(C2CC2)nc1N1CCC(F)(F)C1. The molecule has 2 fully saturated rings. The molecule has 5 nitrogen and oxygen atoms in total. The maximum atomic E-state index is 13.4. The number of halogens is 2. The zero-order valence-electron chi connectivity index (χ0n) is 10.8. The second-order valence-corrected chi connectivity index (χ2v) is 5.22. The molecule has 0 radical (unpaired) electrons. The molecule has 0 spiro atoms. The number of nitrogens with two attached hydrogens (primary N) is 1. The van der Waals surface area contributed by atoms with Gasteiger partial charge in [0.25, 0.3) is 5.92 Å². The van der Waals surface area contributed by atoms with Crippen molar-refractivity contribution in [2.75, 3.05) is 36.1 Å². The molecule has 1 aliphatic carbocycles. The molecular weight excluding hydrogens is 252 g/mol. The van der Waals surface area contributed by atoms with Crippen LogP contribution in [0.15, 0.2) is 0 Å². The molecule has 0 unspecified atom stereocenters. The maximum Gasteiger partial charge on any atom is 0.266 e. The van der Waals surface area contributed by atoms with Gasteiger partial charge in [0.1, 0.15) is 11.5 Å². The summed E-state index contributed by atoms with van der Waals surface area (Å²) in [4.78, 5) is 10.3. The van der Waals surface area contributed by atoms with Crippen LogP contribution in [0.25, 0.3) is 0 Å². The lowest BCUT2D eigenvalue weighted by Gasteiger charge is -2.21. The molecule has 0 amide bonds. The van der Waals surface area contributed by atoms with E-state index in [-0.39, 0.29) is 13.0 Å². The van der Waals surface area contributed by atoms with E-state index in [4.69, 9.17) is 5.73 Å². The van der Waals surface area contributed by atoms with Crippen LogP contribution < -0.4 is 16.0 Å². The summed E-state index contributed by atoms with van der Waals surface area (Å²) < 4.78 is 26.7. The fourth-order valence-electron chi connectivity index (χ4n) is 2.39. The standard InChI is InChI=1S/C12H17F2N5/c1-16-8-9(15)17-10(7-2-3-7)18-11(8)19-5-4-12(13,14)6-19/h7,16H,2-6H2,1H3,(H2,15,17,18). The fourth-order valence-corrected chi connectivity index (χ4v) is 2.39. The van der Waals surface area contributed by atoms with Crippen LogP contribution in [0.4, 0.5) is 26.1 Å². The molecule has 7 heteroatoms. The summed E-state index contributed by atoms with van der Waals surface area (Å²) in [6, 6.07) is 0. The molecule has 0 bridgehead atoms. The van der Waals surface area contributed by atoms with Crippen molar-refractivity contribution >= 4 is 17.3 Å². The summed E-state index contributed by atoms with van der Waals surface area (Å²) in [5, 5.41) is 2.92. The van der Waals surface area contributed by atoms with E-state index in [0.717, 1.165) is 12.8 Å². The van der Waals surface area contributed by atoms with E-state index in [1.165, 1.54) is 0 Å². The number of hydrogen-bond donors (Lipinski definition) is 2. The minimum atomic E-state index is -2.65. The van der Waals surface area contributed by atoms with E-state index >= 15 is 0 Å². The zero-order valence-corrected chi connectivity index (χ0v) is 10.8. The molecule has 1 saturated heterocycles. The van der Waals surface area contributed by atoms with E-state index in [9.17, 15) is 8.78 Å². The predicted octanol–water partition coefficient (Wildman–Crippen LogP) is 1.82. The zero-order chi connectivity index (χ0) is 13.6. The molecule has 3 rings (SSSR count). The molecule has 0 aromatic carbocycles. The van der Waals surface area contributed by atoms with Crippen molar-refractivity contribution in [1.82, 2.24) is 9.97 Å². The number of nitrogens with zero attached hydrogens (tertiary/aromatic N) is 3. The van der Waals surface area contributed by atoms with Crippen molar-refractivity contribution < 1.29 is 8.78 Å². The minimum absolute atomic E-state index is 0.140. The van der Waals surface area contributed by atoms with Gasteiger partial charge in [-0.15, -0.1) is 0 Å². The Morgan fingerprint density at radius 3 is 2.63 bits per heavy atom. The third kappa shape index (κ3) is 2.29. The number of nitrogen functional groups attached to an aromatic ring is 1. The Morgan fingerprint density at radius 1 is 1.37 bits per heavy atom. The maximum absolute atomic E-state index is 13.4. The Kier molecular flexibility index (Phi) is 2.72. The van der Waals surface area contributed by atoms with Gasteiger partial charge < -0.3 is 16.0 Å². The molecule has 1 aromatic rings. The number of nitrogens with one attached hydrogen (secondary N) is 1.